The summed E-state index contributed by atoms with van der Waals surface area (Å²) >= 11 is 0. The minimum absolute atomic E-state index is 0.0631. The third-order valence-electron chi connectivity index (χ3n) is 2.62. The number of carbonyl (C=O) groups is 2. The summed E-state index contributed by atoms with van der Waals surface area (Å²) in [4.78, 5) is 21.9. The molecule has 0 radical (unpaired) electrons. The summed E-state index contributed by atoms with van der Waals surface area (Å²) in [7, 11) is 0. The van der Waals surface area contributed by atoms with Gasteiger partial charge in [0, 0.05) is 5.92 Å². The molecular weight excluding hydrogens is 208 g/mol. The van der Waals surface area contributed by atoms with Gasteiger partial charge in [0.15, 0.2) is 6.29 Å². The molecule has 1 aromatic rings. The molecule has 84 valence electrons. The lowest BCUT2D eigenvalue weighted by molar-refractivity contribution is -0.168. The lowest BCUT2D eigenvalue weighted by atomic mass is 9.91. The second kappa shape index (κ2) is 5.01. The van der Waals surface area contributed by atoms with Crippen LogP contribution in [0, 0.1) is 0 Å². The first-order valence-electron chi connectivity index (χ1n) is 5.06. The Kier molecular flexibility index (Phi) is 3.44. The molecule has 0 amide bonds. The normalized spacial score (nSPS) is 25.0. The van der Waals surface area contributed by atoms with E-state index in [-0.39, 0.29) is 12.7 Å². The number of rotatable bonds is 3. The van der Waals surface area contributed by atoms with Crippen LogP contribution in [0.25, 0.3) is 0 Å². The van der Waals surface area contributed by atoms with Crippen LogP contribution in [0.4, 0.5) is 0 Å². The van der Waals surface area contributed by atoms with E-state index in [4.69, 9.17) is 9.47 Å². The molecule has 0 bridgehead atoms. The molecule has 1 aromatic carbocycles. The highest BCUT2D eigenvalue weighted by molar-refractivity contribution is 6.27. The molecule has 2 atom stereocenters. The van der Waals surface area contributed by atoms with Crippen LogP contribution in [0.1, 0.15) is 11.5 Å². The zero-order valence-corrected chi connectivity index (χ0v) is 8.67. The van der Waals surface area contributed by atoms with Gasteiger partial charge in [0.1, 0.15) is 12.9 Å². The third-order valence-corrected chi connectivity index (χ3v) is 2.62. The van der Waals surface area contributed by atoms with E-state index in [1.54, 1.807) is 0 Å². The summed E-state index contributed by atoms with van der Waals surface area (Å²) in [6.45, 7) is 0.460. The molecule has 1 aliphatic rings. The lowest BCUT2D eigenvalue weighted by Gasteiger charge is -2.29. The average molecular weight is 220 g/mol. The first kappa shape index (κ1) is 11.0. The Morgan fingerprint density at radius 2 is 2.06 bits per heavy atom. The largest absolute Gasteiger partial charge is 0.355 e. The molecule has 0 aromatic heterocycles. The number of ketones is 1. The van der Waals surface area contributed by atoms with E-state index in [9.17, 15) is 9.59 Å². The molecule has 4 heteroatoms. The molecule has 0 N–H and O–H groups in total. The van der Waals surface area contributed by atoms with Crippen molar-refractivity contribution in [3.05, 3.63) is 35.9 Å². The summed E-state index contributed by atoms with van der Waals surface area (Å²) in [5, 5.41) is 0. The highest BCUT2D eigenvalue weighted by Crippen LogP contribution is 2.25. The summed E-state index contributed by atoms with van der Waals surface area (Å²) in [5.74, 6) is -0.732. The van der Waals surface area contributed by atoms with Crippen molar-refractivity contribution in [1.82, 2.24) is 0 Å². The maximum absolute atomic E-state index is 11.4. The van der Waals surface area contributed by atoms with Crippen LogP contribution in [0.15, 0.2) is 30.3 Å². The fourth-order valence-electron chi connectivity index (χ4n) is 1.82. The number of carbonyl (C=O) groups excluding carboxylic acids is 2. The zero-order valence-electron chi connectivity index (χ0n) is 8.67. The van der Waals surface area contributed by atoms with Gasteiger partial charge in [0.05, 0.1) is 6.61 Å². The van der Waals surface area contributed by atoms with E-state index in [1.165, 1.54) is 0 Å². The van der Waals surface area contributed by atoms with Gasteiger partial charge < -0.3 is 9.47 Å². The smallest absolute Gasteiger partial charge is 0.224 e. The predicted molar refractivity (Wildman–Crippen MR) is 55.9 cm³/mol. The number of ether oxygens (including phenoxy) is 2. The maximum Gasteiger partial charge on any atom is 0.224 e. The summed E-state index contributed by atoms with van der Waals surface area (Å²) < 4.78 is 10.4. The van der Waals surface area contributed by atoms with Crippen LogP contribution >= 0.6 is 0 Å². The first-order valence-corrected chi connectivity index (χ1v) is 5.06. The topological polar surface area (TPSA) is 52.6 Å². The van der Waals surface area contributed by atoms with E-state index in [0.29, 0.717) is 12.9 Å². The molecule has 1 saturated heterocycles. The van der Waals surface area contributed by atoms with Crippen LogP contribution in [-0.2, 0) is 19.1 Å². The van der Waals surface area contributed by atoms with E-state index in [2.05, 4.69) is 0 Å². The van der Waals surface area contributed by atoms with Gasteiger partial charge in [-0.2, -0.15) is 0 Å². The first-order chi connectivity index (χ1) is 7.83. The second-order valence-electron chi connectivity index (χ2n) is 3.61. The van der Waals surface area contributed by atoms with Gasteiger partial charge in [-0.3, -0.25) is 9.59 Å². The van der Waals surface area contributed by atoms with Gasteiger partial charge >= 0.3 is 0 Å². The minimum Gasteiger partial charge on any atom is -0.355 e. The van der Waals surface area contributed by atoms with Crippen LogP contribution in [-0.4, -0.2) is 31.6 Å². The van der Waals surface area contributed by atoms with Gasteiger partial charge in [-0.25, -0.2) is 0 Å². The van der Waals surface area contributed by atoms with Crippen LogP contribution in [0.5, 0.6) is 0 Å². The highest BCUT2D eigenvalue weighted by Gasteiger charge is 2.33. The molecule has 1 aliphatic heterocycles. The van der Waals surface area contributed by atoms with E-state index in [0.717, 1.165) is 5.56 Å². The Balaban J connectivity index is 2.23. The van der Waals surface area contributed by atoms with Gasteiger partial charge in [-0.1, -0.05) is 30.3 Å². The van der Waals surface area contributed by atoms with Crippen molar-refractivity contribution in [2.75, 3.05) is 13.4 Å². The number of hydrogen-bond donors (Lipinski definition) is 0. The monoisotopic (exact) mass is 220 g/mol. The van der Waals surface area contributed by atoms with Gasteiger partial charge in [-0.05, 0) is 5.56 Å². The molecular formula is C12H12O4. The van der Waals surface area contributed by atoms with Crippen molar-refractivity contribution in [3.8, 4) is 0 Å². The Morgan fingerprint density at radius 1 is 1.31 bits per heavy atom. The predicted octanol–water partition coefficient (Wildman–Crippen LogP) is 0.911. The summed E-state index contributed by atoms with van der Waals surface area (Å²) in [5.41, 5.74) is 0.947. The second-order valence-corrected chi connectivity index (χ2v) is 3.61. The molecule has 0 saturated carbocycles. The molecule has 1 fully saturated rings. The lowest BCUT2D eigenvalue weighted by Crippen LogP contribution is -2.39. The van der Waals surface area contributed by atoms with Crippen molar-refractivity contribution in [2.24, 2.45) is 0 Å². The standard InChI is InChI=1S/C12H12O4/c13-6-11(14)12-10(7-15-8-16-12)9-4-2-1-3-5-9/h1-6,10,12H,7-8H2. The van der Waals surface area contributed by atoms with Crippen molar-refractivity contribution in [1.29, 1.82) is 0 Å². The fraction of sp³-hybridized carbons (Fsp3) is 0.333. The quantitative estimate of drug-likeness (QED) is 0.561. The molecule has 0 aliphatic carbocycles. The number of benzene rings is 1. The molecule has 0 spiro atoms. The maximum atomic E-state index is 11.4. The van der Waals surface area contributed by atoms with E-state index >= 15 is 0 Å². The fourth-order valence-corrected chi connectivity index (χ4v) is 1.82. The SMILES string of the molecule is O=CC(=O)C1OCOCC1c1ccccc1. The zero-order chi connectivity index (χ0) is 11.4. The van der Waals surface area contributed by atoms with Crippen molar-refractivity contribution < 1.29 is 19.1 Å². The van der Waals surface area contributed by atoms with Crippen molar-refractivity contribution in [3.63, 3.8) is 0 Å². The van der Waals surface area contributed by atoms with Gasteiger partial charge in [0.25, 0.3) is 0 Å². The minimum atomic E-state index is -0.714. The molecule has 2 unspecified atom stereocenters. The Hall–Kier alpha value is -1.52. The molecule has 16 heavy (non-hydrogen) atoms. The number of hydrogen-bond acceptors (Lipinski definition) is 4. The Morgan fingerprint density at radius 3 is 2.75 bits per heavy atom. The van der Waals surface area contributed by atoms with Crippen molar-refractivity contribution >= 4 is 12.1 Å². The van der Waals surface area contributed by atoms with Crippen LogP contribution in [0.2, 0.25) is 0 Å². The molecule has 1 heterocycles. The van der Waals surface area contributed by atoms with Gasteiger partial charge in [-0.15, -0.1) is 0 Å². The summed E-state index contributed by atoms with van der Waals surface area (Å²) in [6, 6.07) is 9.45. The molecule has 4 nitrogen and oxygen atoms in total. The third kappa shape index (κ3) is 2.18. The van der Waals surface area contributed by atoms with Crippen LogP contribution < -0.4 is 0 Å². The average Bonchev–Trinajstić information content (AvgIpc) is 2.39. The Labute approximate surface area is 93.2 Å². The van der Waals surface area contributed by atoms with Crippen LogP contribution in [0.3, 0.4) is 0 Å². The highest BCUT2D eigenvalue weighted by atomic mass is 16.7. The van der Waals surface area contributed by atoms with E-state index < -0.39 is 11.9 Å². The van der Waals surface area contributed by atoms with Gasteiger partial charge in [0.2, 0.25) is 5.78 Å². The van der Waals surface area contributed by atoms with E-state index in [1.807, 2.05) is 30.3 Å². The molecule has 2 rings (SSSR count). The Bertz CT molecular complexity index is 374. The number of aldehydes is 1. The van der Waals surface area contributed by atoms with Crippen molar-refractivity contribution in [2.45, 2.75) is 12.0 Å². The number of Topliss-reactive ketones (excluding diaryl/α,β-unsaturated/α-hetero) is 1. The summed E-state index contributed by atoms with van der Waals surface area (Å²) in [6.07, 6.45) is -0.403.